The molecule has 0 aliphatic rings. The molecule has 0 aromatic heterocycles. The van der Waals surface area contributed by atoms with Crippen LogP contribution in [-0.4, -0.2) is 6.29 Å². The average molecular weight is 265 g/mol. The van der Waals surface area contributed by atoms with Gasteiger partial charge in [0.25, 0.3) is 0 Å². The lowest BCUT2D eigenvalue weighted by molar-refractivity contribution is 0.112. The number of para-hydroxylation sites is 1. The molecule has 2 aromatic carbocycles. The number of halogens is 2. The maximum Gasteiger partial charge on any atom is 0.156 e. The topological polar surface area (TPSA) is 26.3 Å². The molecule has 2 rings (SSSR count). The third-order valence-electron chi connectivity index (χ3n) is 2.47. The molecule has 0 radical (unpaired) electrons. The van der Waals surface area contributed by atoms with Crippen LogP contribution < -0.4 is 4.74 Å². The second kappa shape index (κ2) is 5.19. The molecule has 0 bridgehead atoms. The molecule has 0 fully saturated rings. The van der Waals surface area contributed by atoms with E-state index in [4.69, 9.17) is 16.3 Å². The first-order chi connectivity index (χ1) is 8.61. The molecule has 0 amide bonds. The number of aryl methyl sites for hydroxylation is 1. The lowest BCUT2D eigenvalue weighted by atomic mass is 10.2. The summed E-state index contributed by atoms with van der Waals surface area (Å²) < 4.78 is 18.6. The van der Waals surface area contributed by atoms with E-state index in [0.29, 0.717) is 28.2 Å². The van der Waals surface area contributed by atoms with Gasteiger partial charge in [0.15, 0.2) is 12.0 Å². The molecular weight excluding hydrogens is 255 g/mol. The zero-order valence-electron chi connectivity index (χ0n) is 9.61. The molecule has 2 aromatic rings. The van der Waals surface area contributed by atoms with Crippen molar-refractivity contribution in [3.05, 3.63) is 58.4 Å². The Morgan fingerprint density at radius 2 is 2.06 bits per heavy atom. The zero-order chi connectivity index (χ0) is 13.1. The first-order valence-corrected chi connectivity index (χ1v) is 5.67. The van der Waals surface area contributed by atoms with Crippen LogP contribution in [0.5, 0.6) is 11.5 Å². The SMILES string of the molecule is Cc1cc(F)ccc1Oc1c(Cl)cccc1C=O. The average Bonchev–Trinajstić information content (AvgIpc) is 2.34. The smallest absolute Gasteiger partial charge is 0.156 e. The van der Waals surface area contributed by atoms with Crippen LogP contribution in [0.15, 0.2) is 36.4 Å². The van der Waals surface area contributed by atoms with Crippen LogP contribution in [0.3, 0.4) is 0 Å². The van der Waals surface area contributed by atoms with Crippen molar-refractivity contribution in [1.82, 2.24) is 0 Å². The monoisotopic (exact) mass is 264 g/mol. The number of rotatable bonds is 3. The van der Waals surface area contributed by atoms with Crippen molar-refractivity contribution in [2.75, 3.05) is 0 Å². The number of hydrogen-bond acceptors (Lipinski definition) is 2. The van der Waals surface area contributed by atoms with Crippen LogP contribution in [0.4, 0.5) is 4.39 Å². The lowest BCUT2D eigenvalue weighted by Gasteiger charge is -2.11. The summed E-state index contributed by atoms with van der Waals surface area (Å²) in [7, 11) is 0. The normalized spacial score (nSPS) is 10.2. The predicted molar refractivity (Wildman–Crippen MR) is 68.1 cm³/mol. The van der Waals surface area contributed by atoms with E-state index in [0.717, 1.165) is 0 Å². The molecular formula is C14H10ClFO2. The summed E-state index contributed by atoms with van der Waals surface area (Å²) in [6.45, 7) is 1.72. The minimum absolute atomic E-state index is 0.281. The molecule has 0 aliphatic heterocycles. The molecule has 18 heavy (non-hydrogen) atoms. The van der Waals surface area contributed by atoms with Crippen molar-refractivity contribution >= 4 is 17.9 Å². The number of benzene rings is 2. The first-order valence-electron chi connectivity index (χ1n) is 5.29. The number of ether oxygens (including phenoxy) is 1. The van der Waals surface area contributed by atoms with Gasteiger partial charge in [0.1, 0.15) is 11.6 Å². The third-order valence-corrected chi connectivity index (χ3v) is 2.77. The molecule has 2 nitrogen and oxygen atoms in total. The van der Waals surface area contributed by atoms with E-state index < -0.39 is 0 Å². The fraction of sp³-hybridized carbons (Fsp3) is 0.0714. The van der Waals surface area contributed by atoms with E-state index in [-0.39, 0.29) is 11.6 Å². The summed E-state index contributed by atoms with van der Waals surface area (Å²) in [6, 6.07) is 9.04. The van der Waals surface area contributed by atoms with E-state index in [1.54, 1.807) is 25.1 Å². The molecule has 4 heteroatoms. The maximum atomic E-state index is 13.0. The van der Waals surface area contributed by atoms with Gasteiger partial charge in [0, 0.05) is 0 Å². The Morgan fingerprint density at radius 3 is 2.72 bits per heavy atom. The molecule has 0 saturated heterocycles. The molecule has 0 N–H and O–H groups in total. The highest BCUT2D eigenvalue weighted by molar-refractivity contribution is 6.32. The fourth-order valence-electron chi connectivity index (χ4n) is 1.56. The van der Waals surface area contributed by atoms with Crippen LogP contribution in [-0.2, 0) is 0 Å². The number of aldehydes is 1. The minimum Gasteiger partial charge on any atom is -0.455 e. The number of carbonyl (C=O) groups is 1. The Kier molecular flexibility index (Phi) is 3.63. The Morgan fingerprint density at radius 1 is 1.28 bits per heavy atom. The standard InChI is InChI=1S/C14H10ClFO2/c1-9-7-11(16)5-6-13(9)18-14-10(8-17)3-2-4-12(14)15/h2-8H,1H3. The molecule has 0 heterocycles. The Balaban J connectivity index is 2.42. The highest BCUT2D eigenvalue weighted by atomic mass is 35.5. The van der Waals surface area contributed by atoms with Crippen molar-refractivity contribution in [3.63, 3.8) is 0 Å². The molecule has 0 spiro atoms. The maximum absolute atomic E-state index is 13.0. The highest BCUT2D eigenvalue weighted by Gasteiger charge is 2.10. The lowest BCUT2D eigenvalue weighted by Crippen LogP contribution is -1.93. The minimum atomic E-state index is -0.338. The second-order valence-electron chi connectivity index (χ2n) is 3.79. The largest absolute Gasteiger partial charge is 0.455 e. The second-order valence-corrected chi connectivity index (χ2v) is 4.20. The quantitative estimate of drug-likeness (QED) is 0.769. The summed E-state index contributed by atoms with van der Waals surface area (Å²) >= 11 is 5.98. The highest BCUT2D eigenvalue weighted by Crippen LogP contribution is 2.33. The zero-order valence-corrected chi connectivity index (χ0v) is 10.4. The van der Waals surface area contributed by atoms with Crippen LogP contribution in [0.25, 0.3) is 0 Å². The van der Waals surface area contributed by atoms with E-state index in [2.05, 4.69) is 0 Å². The summed E-state index contributed by atoms with van der Waals surface area (Å²) in [5, 5.41) is 0.336. The van der Waals surface area contributed by atoms with Crippen LogP contribution in [0.1, 0.15) is 15.9 Å². The van der Waals surface area contributed by atoms with Gasteiger partial charge in [-0.1, -0.05) is 17.7 Å². The summed E-state index contributed by atoms with van der Waals surface area (Å²) in [4.78, 5) is 10.9. The van der Waals surface area contributed by atoms with Crippen LogP contribution in [0, 0.1) is 12.7 Å². The van der Waals surface area contributed by atoms with Crippen molar-refractivity contribution in [1.29, 1.82) is 0 Å². The van der Waals surface area contributed by atoms with Gasteiger partial charge in [-0.2, -0.15) is 0 Å². The predicted octanol–water partition coefficient (Wildman–Crippen LogP) is 4.39. The number of hydrogen-bond donors (Lipinski definition) is 0. The van der Waals surface area contributed by atoms with E-state index in [1.807, 2.05) is 0 Å². The third kappa shape index (κ3) is 2.51. The van der Waals surface area contributed by atoms with E-state index in [9.17, 15) is 9.18 Å². The van der Waals surface area contributed by atoms with Crippen molar-refractivity contribution in [2.45, 2.75) is 6.92 Å². The molecule has 0 saturated carbocycles. The van der Waals surface area contributed by atoms with E-state index >= 15 is 0 Å². The van der Waals surface area contributed by atoms with E-state index in [1.165, 1.54) is 18.2 Å². The van der Waals surface area contributed by atoms with Crippen molar-refractivity contribution in [3.8, 4) is 11.5 Å². The Bertz CT molecular complexity index is 596. The van der Waals surface area contributed by atoms with Gasteiger partial charge in [-0.05, 0) is 42.8 Å². The van der Waals surface area contributed by atoms with Gasteiger partial charge in [-0.15, -0.1) is 0 Å². The van der Waals surface area contributed by atoms with Gasteiger partial charge in [0.2, 0.25) is 0 Å². The van der Waals surface area contributed by atoms with Gasteiger partial charge >= 0.3 is 0 Å². The molecule has 0 atom stereocenters. The number of carbonyl (C=O) groups excluding carboxylic acids is 1. The summed E-state index contributed by atoms with van der Waals surface area (Å²) in [5.41, 5.74) is 0.984. The van der Waals surface area contributed by atoms with Gasteiger partial charge in [-0.3, -0.25) is 4.79 Å². The Hall–Kier alpha value is -1.87. The summed E-state index contributed by atoms with van der Waals surface area (Å²) in [6.07, 6.45) is 0.667. The van der Waals surface area contributed by atoms with Gasteiger partial charge in [-0.25, -0.2) is 4.39 Å². The van der Waals surface area contributed by atoms with Gasteiger partial charge < -0.3 is 4.74 Å². The van der Waals surface area contributed by atoms with Crippen LogP contribution in [0.2, 0.25) is 5.02 Å². The molecule has 0 aliphatic carbocycles. The fourth-order valence-corrected chi connectivity index (χ4v) is 1.78. The Labute approximate surface area is 109 Å². The van der Waals surface area contributed by atoms with Crippen molar-refractivity contribution < 1.29 is 13.9 Å². The molecule has 92 valence electrons. The first kappa shape index (κ1) is 12.6. The van der Waals surface area contributed by atoms with Crippen LogP contribution >= 0.6 is 11.6 Å². The van der Waals surface area contributed by atoms with Gasteiger partial charge in [0.05, 0.1) is 10.6 Å². The summed E-state index contributed by atoms with van der Waals surface area (Å²) in [5.74, 6) is 0.408. The van der Waals surface area contributed by atoms with Crippen molar-refractivity contribution in [2.24, 2.45) is 0 Å². The molecule has 0 unspecified atom stereocenters.